The molecule has 0 spiro atoms. The van der Waals surface area contributed by atoms with E-state index < -0.39 is 96.0 Å². The summed E-state index contributed by atoms with van der Waals surface area (Å²) in [5.41, 5.74) is -2.74. The number of nitrogens with zero attached hydrogens (tertiary/aromatic N) is 4. The quantitative estimate of drug-likeness (QED) is 0.239. The number of ether oxygens (including phenoxy) is 5. The fraction of sp³-hybridized carbons (Fsp3) is 0.659. The molecule has 2 bridgehead atoms. The molecule has 58 heavy (non-hydrogen) atoms. The smallest absolute Gasteiger partial charge is 0.410 e. The van der Waals surface area contributed by atoms with E-state index >= 15 is 4.39 Å². The van der Waals surface area contributed by atoms with E-state index in [2.05, 4.69) is 16.8 Å². The van der Waals surface area contributed by atoms with Gasteiger partial charge in [0.25, 0.3) is 5.67 Å². The Kier molecular flexibility index (Phi) is 13.0. The van der Waals surface area contributed by atoms with Gasteiger partial charge in [-0.2, -0.15) is 0 Å². The van der Waals surface area contributed by atoms with Crippen molar-refractivity contribution in [1.82, 2.24) is 14.8 Å². The van der Waals surface area contributed by atoms with Crippen LogP contribution < -0.4 is 0 Å². The molecule has 1 aromatic carbocycles. The molecule has 316 valence electrons. The van der Waals surface area contributed by atoms with Gasteiger partial charge >= 0.3 is 12.1 Å². The maximum absolute atomic E-state index is 18.1. The summed E-state index contributed by atoms with van der Waals surface area (Å²) in [7, 11) is 5.27. The van der Waals surface area contributed by atoms with Gasteiger partial charge in [0.2, 0.25) is 0 Å². The topological polar surface area (TPSA) is 149 Å². The number of hydrogen-bond acceptors (Lipinski definition) is 12. The van der Waals surface area contributed by atoms with Crippen molar-refractivity contribution in [3.8, 4) is 11.8 Å². The Bertz CT molecular complexity index is 1950. The van der Waals surface area contributed by atoms with Crippen molar-refractivity contribution in [3.05, 3.63) is 42.1 Å². The largest absolute Gasteiger partial charge is 0.455 e. The Morgan fingerprint density at radius 2 is 1.79 bits per heavy atom. The molecule has 0 aliphatic carbocycles. The van der Waals surface area contributed by atoms with E-state index in [4.69, 9.17) is 28.7 Å². The van der Waals surface area contributed by atoms with E-state index in [1.807, 2.05) is 71.0 Å². The van der Waals surface area contributed by atoms with Gasteiger partial charge < -0.3 is 33.7 Å². The van der Waals surface area contributed by atoms with Gasteiger partial charge in [0.15, 0.2) is 17.7 Å². The van der Waals surface area contributed by atoms with Crippen molar-refractivity contribution < 1.29 is 47.6 Å². The monoisotopic (exact) mass is 806 g/mol. The number of pyridine rings is 1. The highest BCUT2D eigenvalue weighted by Crippen LogP contribution is 2.44. The number of aliphatic hydroxyl groups is 1. The highest BCUT2D eigenvalue weighted by atomic mass is 19.1. The molecule has 3 saturated heterocycles. The van der Waals surface area contributed by atoms with Gasteiger partial charge in [0.05, 0.1) is 42.8 Å². The number of carbonyl (C=O) groups excluding carboxylic acids is 3. The minimum absolute atomic E-state index is 0.147. The highest BCUT2D eigenvalue weighted by molar-refractivity contribution is 6.08. The zero-order valence-electron chi connectivity index (χ0n) is 35.3. The van der Waals surface area contributed by atoms with Crippen molar-refractivity contribution >= 4 is 34.5 Å². The van der Waals surface area contributed by atoms with Gasteiger partial charge in [0, 0.05) is 66.2 Å². The summed E-state index contributed by atoms with van der Waals surface area (Å²) in [5, 5.41) is 12.4. The number of para-hydroxylation sites is 1. The average Bonchev–Trinajstić information content (AvgIpc) is 3.32. The zero-order chi connectivity index (χ0) is 42.3. The number of methoxy groups -OCH3 is 1. The molecule has 13 nitrogen and oxygen atoms in total. The van der Waals surface area contributed by atoms with Crippen molar-refractivity contribution in [1.29, 1.82) is 0 Å². The van der Waals surface area contributed by atoms with Gasteiger partial charge in [-0.15, -0.1) is 0 Å². The molecule has 14 heteroatoms. The minimum Gasteiger partial charge on any atom is -0.455 e. The minimum atomic E-state index is -3.30. The van der Waals surface area contributed by atoms with E-state index in [1.165, 1.54) is 6.92 Å². The van der Waals surface area contributed by atoms with Crippen LogP contribution in [0.4, 0.5) is 9.18 Å². The Labute approximate surface area is 341 Å². The Morgan fingerprint density at radius 1 is 1.07 bits per heavy atom. The molecule has 1 aromatic heterocycles. The van der Waals surface area contributed by atoms with Crippen LogP contribution in [0.5, 0.6) is 0 Å². The molecule has 0 radical (unpaired) electrons. The van der Waals surface area contributed by atoms with Crippen molar-refractivity contribution in [2.45, 2.75) is 128 Å². The first-order valence-corrected chi connectivity index (χ1v) is 20.5. The van der Waals surface area contributed by atoms with Crippen LogP contribution in [0.25, 0.3) is 10.9 Å². The zero-order valence-corrected chi connectivity index (χ0v) is 35.3. The number of Topliss-reactive ketones (excluding diaryl/α,β-unsaturated/α-hetero) is 1. The maximum Gasteiger partial charge on any atom is 0.410 e. The molecule has 1 amide bonds. The van der Waals surface area contributed by atoms with Crippen LogP contribution in [-0.4, -0.2) is 138 Å². The molecule has 2 unspecified atom stereocenters. The lowest BCUT2D eigenvalue weighted by Gasteiger charge is -2.45. The number of benzene rings is 1. The SMILES string of the molecule is CC[C@@H]1OC(=O)C(F)(CC#Cc2cnc3ccccc3c2)C(=O)[C@H](C)[C@@H](O[C@@H]2O[C@H](C)C[C@H](N(C)C)[C@H]2O)[C@H](C)[C@H](OC)[C@@H](C)C2=NCCN3C(=O)O[C@@]1(C)C3[C@@H]2C. The first-order chi connectivity index (χ1) is 27.5. The molecule has 2 aromatic rings. The highest BCUT2D eigenvalue weighted by Gasteiger charge is 2.62. The number of ketones is 1. The summed E-state index contributed by atoms with van der Waals surface area (Å²) in [6, 6.07) is 8.28. The normalized spacial score (nSPS) is 38.6. The fourth-order valence-corrected chi connectivity index (χ4v) is 9.88. The molecule has 1 N–H and O–H groups in total. The third-order valence-electron chi connectivity index (χ3n) is 12.9. The summed E-state index contributed by atoms with van der Waals surface area (Å²) in [6.07, 6.45) is -4.77. The number of cyclic esters (lactones) is 1. The van der Waals surface area contributed by atoms with Gasteiger partial charge in [-0.25, -0.2) is 14.0 Å². The molecule has 0 saturated carbocycles. The summed E-state index contributed by atoms with van der Waals surface area (Å²) in [6.45, 7) is 13.2. The first-order valence-electron chi connectivity index (χ1n) is 20.5. The lowest BCUT2D eigenvalue weighted by atomic mass is 9.72. The molecule has 5 heterocycles. The fourth-order valence-electron chi connectivity index (χ4n) is 9.88. The summed E-state index contributed by atoms with van der Waals surface area (Å²) in [5.74, 6) is 0.330. The first kappa shape index (κ1) is 43.6. The Morgan fingerprint density at radius 3 is 2.48 bits per heavy atom. The van der Waals surface area contributed by atoms with Crippen molar-refractivity contribution in [2.75, 3.05) is 34.3 Å². The van der Waals surface area contributed by atoms with Gasteiger partial charge in [-0.1, -0.05) is 64.7 Å². The van der Waals surface area contributed by atoms with Crippen LogP contribution in [0, 0.1) is 35.5 Å². The maximum atomic E-state index is 18.1. The predicted molar refractivity (Wildman–Crippen MR) is 215 cm³/mol. The third kappa shape index (κ3) is 8.00. The molecule has 14 atom stereocenters. The van der Waals surface area contributed by atoms with Gasteiger partial charge in [0.1, 0.15) is 12.2 Å². The number of carbonyl (C=O) groups is 3. The second-order valence-electron chi connectivity index (χ2n) is 17.0. The van der Waals surface area contributed by atoms with Gasteiger partial charge in [-0.05, 0) is 52.9 Å². The third-order valence-corrected chi connectivity index (χ3v) is 12.9. The van der Waals surface area contributed by atoms with Crippen LogP contribution in [0.2, 0.25) is 0 Å². The number of halogens is 1. The summed E-state index contributed by atoms with van der Waals surface area (Å²) in [4.78, 5) is 56.0. The predicted octanol–water partition coefficient (Wildman–Crippen LogP) is 4.99. The number of aliphatic hydroxyl groups excluding tert-OH is 1. The number of fused-ring (bicyclic) bond motifs is 2. The molecular weight excluding hydrogens is 748 g/mol. The number of aliphatic imine (C=N–C) groups is 1. The van der Waals surface area contributed by atoms with E-state index in [0.717, 1.165) is 16.6 Å². The average molecular weight is 807 g/mol. The second kappa shape index (κ2) is 17.3. The number of esters is 1. The number of amides is 1. The van der Waals surface area contributed by atoms with Crippen molar-refractivity contribution in [3.63, 3.8) is 0 Å². The Hall–Kier alpha value is -4.00. The second-order valence-corrected chi connectivity index (χ2v) is 17.0. The number of hydrogen-bond donors (Lipinski definition) is 1. The number of rotatable bonds is 6. The summed E-state index contributed by atoms with van der Waals surface area (Å²) < 4.78 is 49.3. The van der Waals surface area contributed by atoms with Gasteiger partial charge in [-0.3, -0.25) is 19.7 Å². The molecular formula is C44H59FN4O9. The van der Waals surface area contributed by atoms with E-state index in [0.29, 0.717) is 18.5 Å². The molecule has 4 aliphatic heterocycles. The van der Waals surface area contributed by atoms with Crippen LogP contribution in [0.1, 0.15) is 73.3 Å². The van der Waals surface area contributed by atoms with Crippen LogP contribution in [0.3, 0.4) is 0 Å². The Balaban J connectivity index is 1.47. The molecule has 3 fully saturated rings. The van der Waals surface area contributed by atoms with Crippen LogP contribution in [-0.2, 0) is 33.3 Å². The van der Waals surface area contributed by atoms with E-state index in [-0.39, 0.29) is 25.1 Å². The lowest BCUT2D eigenvalue weighted by molar-refractivity contribution is -0.281. The van der Waals surface area contributed by atoms with Crippen molar-refractivity contribution in [2.24, 2.45) is 28.7 Å². The van der Waals surface area contributed by atoms with Crippen LogP contribution >= 0.6 is 0 Å². The molecule has 4 aliphatic rings. The van der Waals surface area contributed by atoms with E-state index in [1.54, 1.807) is 38.1 Å². The number of aromatic nitrogens is 1. The lowest BCUT2D eigenvalue weighted by Crippen LogP contribution is -2.60. The standard InChI is InChI=1S/C44H59FN4O9/c1-11-33-43(7)38-26(4)34(46-19-20-49(38)42(53)58-43)25(3)36(54-10)27(5)37(57-40-35(50)32(48(8)9)21-24(2)55-40)28(6)39(51)44(45,41(52)56-33)18-14-15-29-22-30-16-12-13-17-31(30)47-23-29/h12-13,16-17,22-28,32-33,35-38,40,50H,11,18-21H2,1-10H3/t24-,25+,26-,27-,28-,32+,33+,35-,36-,37+,38?,40+,43-,44?/m1/s1. The van der Waals surface area contributed by atoms with E-state index in [9.17, 15) is 19.5 Å². The molecule has 6 rings (SSSR count). The van der Waals surface area contributed by atoms with Crippen LogP contribution in [0.15, 0.2) is 41.5 Å². The summed E-state index contributed by atoms with van der Waals surface area (Å²) >= 11 is 0. The number of alkyl halides is 1. The number of likely N-dealkylation sites (N-methyl/N-ethyl adjacent to an activating group) is 1.